The third-order valence-electron chi connectivity index (χ3n) is 4.91. The highest BCUT2D eigenvalue weighted by Crippen LogP contribution is 2.33. The standard InChI is InChI=1S/C20H25N5O3/c1-14-12-18(28-23-14)16-13-21-20(22-19(16)17-5-4-15(2)27-17)25-8-6-24(7-9-25)10-11-26-3/h4-5,12-13H,6-11H2,1-3H3. The van der Waals surface area contributed by atoms with Crippen LogP contribution in [0.3, 0.4) is 0 Å². The smallest absolute Gasteiger partial charge is 0.226 e. The van der Waals surface area contributed by atoms with Crippen LogP contribution >= 0.6 is 0 Å². The lowest BCUT2D eigenvalue weighted by Crippen LogP contribution is -2.47. The van der Waals surface area contributed by atoms with Crippen molar-refractivity contribution in [2.75, 3.05) is 51.3 Å². The quantitative estimate of drug-likeness (QED) is 0.643. The van der Waals surface area contributed by atoms with Crippen LogP contribution in [0.2, 0.25) is 0 Å². The average Bonchev–Trinajstić information content (AvgIpc) is 3.34. The van der Waals surface area contributed by atoms with Crippen LogP contribution < -0.4 is 4.90 Å². The van der Waals surface area contributed by atoms with Crippen LogP contribution in [0.25, 0.3) is 22.8 Å². The molecule has 28 heavy (non-hydrogen) atoms. The predicted molar refractivity (Wildman–Crippen MR) is 105 cm³/mol. The second kappa shape index (κ2) is 8.12. The summed E-state index contributed by atoms with van der Waals surface area (Å²) in [6, 6.07) is 5.74. The zero-order valence-corrected chi connectivity index (χ0v) is 16.5. The van der Waals surface area contributed by atoms with Crippen molar-refractivity contribution < 1.29 is 13.7 Å². The number of methoxy groups -OCH3 is 1. The van der Waals surface area contributed by atoms with Crippen molar-refractivity contribution in [2.45, 2.75) is 13.8 Å². The summed E-state index contributed by atoms with van der Waals surface area (Å²) in [5, 5.41) is 3.99. The number of ether oxygens (including phenoxy) is 1. The van der Waals surface area contributed by atoms with Crippen LogP contribution in [-0.4, -0.2) is 66.5 Å². The van der Waals surface area contributed by atoms with E-state index in [1.807, 2.05) is 32.0 Å². The van der Waals surface area contributed by atoms with Crippen molar-refractivity contribution in [3.63, 3.8) is 0 Å². The fraction of sp³-hybridized carbons (Fsp3) is 0.450. The minimum Gasteiger partial charge on any atom is -0.460 e. The van der Waals surface area contributed by atoms with Crippen molar-refractivity contribution in [1.29, 1.82) is 0 Å². The number of hydrogen-bond acceptors (Lipinski definition) is 8. The van der Waals surface area contributed by atoms with Crippen molar-refractivity contribution in [3.05, 3.63) is 35.9 Å². The van der Waals surface area contributed by atoms with Crippen LogP contribution in [0.15, 0.2) is 33.3 Å². The Morgan fingerprint density at radius 3 is 2.57 bits per heavy atom. The number of furan rings is 1. The molecule has 0 aliphatic carbocycles. The number of aryl methyl sites for hydroxylation is 2. The Labute approximate surface area is 164 Å². The summed E-state index contributed by atoms with van der Waals surface area (Å²) in [6.07, 6.45) is 1.80. The first-order valence-corrected chi connectivity index (χ1v) is 9.48. The maximum Gasteiger partial charge on any atom is 0.226 e. The van der Waals surface area contributed by atoms with Crippen LogP contribution in [0.1, 0.15) is 11.5 Å². The molecule has 1 aliphatic heterocycles. The van der Waals surface area contributed by atoms with Gasteiger partial charge < -0.3 is 18.6 Å². The molecule has 0 radical (unpaired) electrons. The first kappa shape index (κ1) is 18.6. The Hall–Kier alpha value is -2.71. The molecule has 148 valence electrons. The molecule has 4 heterocycles. The molecule has 0 amide bonds. The van der Waals surface area contributed by atoms with E-state index in [0.717, 1.165) is 62.0 Å². The second-order valence-electron chi connectivity index (χ2n) is 7.00. The molecule has 0 unspecified atom stereocenters. The highest BCUT2D eigenvalue weighted by atomic mass is 16.5. The van der Waals surface area contributed by atoms with E-state index in [0.29, 0.717) is 17.5 Å². The highest BCUT2D eigenvalue weighted by Gasteiger charge is 2.22. The van der Waals surface area contributed by atoms with Gasteiger partial charge in [-0.05, 0) is 26.0 Å². The molecule has 1 fully saturated rings. The topological polar surface area (TPSA) is 80.7 Å². The lowest BCUT2D eigenvalue weighted by Gasteiger charge is -2.34. The molecule has 0 aromatic carbocycles. The number of hydrogen-bond donors (Lipinski definition) is 0. The number of aromatic nitrogens is 3. The van der Waals surface area contributed by atoms with Gasteiger partial charge >= 0.3 is 0 Å². The molecule has 3 aromatic rings. The summed E-state index contributed by atoms with van der Waals surface area (Å²) in [6.45, 7) is 9.19. The number of piperazine rings is 1. The van der Waals surface area contributed by atoms with E-state index in [9.17, 15) is 0 Å². The molecule has 0 atom stereocenters. The molecule has 1 aliphatic rings. The summed E-state index contributed by atoms with van der Waals surface area (Å²) >= 11 is 0. The third kappa shape index (κ3) is 3.93. The Morgan fingerprint density at radius 2 is 1.93 bits per heavy atom. The first-order chi connectivity index (χ1) is 13.6. The molecular weight excluding hydrogens is 358 g/mol. The fourth-order valence-corrected chi connectivity index (χ4v) is 3.34. The molecule has 8 nitrogen and oxygen atoms in total. The summed E-state index contributed by atoms with van der Waals surface area (Å²) in [5.41, 5.74) is 2.31. The molecule has 3 aromatic heterocycles. The molecular formula is C20H25N5O3. The lowest BCUT2D eigenvalue weighted by molar-refractivity contribution is 0.143. The number of anilines is 1. The Kier molecular flexibility index (Phi) is 5.40. The van der Waals surface area contributed by atoms with Crippen molar-refractivity contribution in [3.8, 4) is 22.8 Å². The molecule has 0 spiro atoms. The van der Waals surface area contributed by atoms with Gasteiger partial charge in [0.15, 0.2) is 11.5 Å². The van der Waals surface area contributed by atoms with Gasteiger partial charge in [0, 0.05) is 52.1 Å². The van der Waals surface area contributed by atoms with Gasteiger partial charge in [-0.15, -0.1) is 0 Å². The molecule has 0 bridgehead atoms. The normalized spacial score (nSPS) is 15.3. The van der Waals surface area contributed by atoms with Gasteiger partial charge in [0.1, 0.15) is 11.5 Å². The maximum absolute atomic E-state index is 5.85. The third-order valence-corrected chi connectivity index (χ3v) is 4.91. The van der Waals surface area contributed by atoms with Gasteiger partial charge in [-0.25, -0.2) is 9.97 Å². The van der Waals surface area contributed by atoms with Crippen LogP contribution in [0, 0.1) is 13.8 Å². The van der Waals surface area contributed by atoms with Gasteiger partial charge in [-0.2, -0.15) is 0 Å². The van der Waals surface area contributed by atoms with E-state index in [2.05, 4.69) is 19.9 Å². The Morgan fingerprint density at radius 1 is 1.11 bits per heavy atom. The summed E-state index contributed by atoms with van der Waals surface area (Å²) < 4.78 is 16.5. The molecule has 0 saturated carbocycles. The number of nitrogens with zero attached hydrogens (tertiary/aromatic N) is 5. The van der Waals surface area contributed by atoms with E-state index in [1.165, 1.54) is 0 Å². The summed E-state index contributed by atoms with van der Waals surface area (Å²) in [5.74, 6) is 2.87. The van der Waals surface area contributed by atoms with Crippen molar-refractivity contribution in [2.24, 2.45) is 0 Å². The van der Waals surface area contributed by atoms with Gasteiger partial charge in [0.25, 0.3) is 0 Å². The number of rotatable bonds is 6. The minimum absolute atomic E-state index is 0.637. The highest BCUT2D eigenvalue weighted by molar-refractivity contribution is 5.76. The average molecular weight is 383 g/mol. The zero-order chi connectivity index (χ0) is 19.5. The second-order valence-corrected chi connectivity index (χ2v) is 7.00. The van der Waals surface area contributed by atoms with Gasteiger partial charge in [0.05, 0.1) is 17.9 Å². The fourth-order valence-electron chi connectivity index (χ4n) is 3.34. The van der Waals surface area contributed by atoms with Crippen LogP contribution in [0.5, 0.6) is 0 Å². The summed E-state index contributed by atoms with van der Waals surface area (Å²) in [7, 11) is 1.74. The van der Waals surface area contributed by atoms with E-state index >= 15 is 0 Å². The molecule has 1 saturated heterocycles. The van der Waals surface area contributed by atoms with Crippen LogP contribution in [0.4, 0.5) is 5.95 Å². The maximum atomic E-state index is 5.85. The molecule has 0 N–H and O–H groups in total. The zero-order valence-electron chi connectivity index (χ0n) is 16.5. The lowest BCUT2D eigenvalue weighted by atomic mass is 10.1. The first-order valence-electron chi connectivity index (χ1n) is 9.48. The van der Waals surface area contributed by atoms with E-state index in [-0.39, 0.29) is 0 Å². The SMILES string of the molecule is COCCN1CCN(c2ncc(-c3cc(C)no3)c(-c3ccc(C)o3)n2)CC1. The minimum atomic E-state index is 0.637. The summed E-state index contributed by atoms with van der Waals surface area (Å²) in [4.78, 5) is 14.1. The van der Waals surface area contributed by atoms with Gasteiger partial charge in [-0.1, -0.05) is 5.16 Å². The van der Waals surface area contributed by atoms with Gasteiger partial charge in [-0.3, -0.25) is 4.90 Å². The van der Waals surface area contributed by atoms with Crippen LogP contribution in [-0.2, 0) is 4.74 Å². The van der Waals surface area contributed by atoms with Crippen molar-refractivity contribution >= 4 is 5.95 Å². The molecule has 4 rings (SSSR count). The van der Waals surface area contributed by atoms with E-state index in [4.69, 9.17) is 18.7 Å². The van der Waals surface area contributed by atoms with E-state index in [1.54, 1.807) is 13.3 Å². The van der Waals surface area contributed by atoms with Gasteiger partial charge in [0.2, 0.25) is 5.95 Å². The largest absolute Gasteiger partial charge is 0.460 e. The Balaban J connectivity index is 1.62. The predicted octanol–water partition coefficient (Wildman–Crippen LogP) is 2.78. The van der Waals surface area contributed by atoms with E-state index < -0.39 is 0 Å². The Bertz CT molecular complexity index is 928. The van der Waals surface area contributed by atoms with Crippen molar-refractivity contribution in [1.82, 2.24) is 20.0 Å². The molecule has 8 heteroatoms. The monoisotopic (exact) mass is 383 g/mol.